The second kappa shape index (κ2) is 5.47. The van der Waals surface area contributed by atoms with Crippen molar-refractivity contribution in [3.05, 3.63) is 34.3 Å². The fourth-order valence-electron chi connectivity index (χ4n) is 3.73. The highest BCUT2D eigenvalue weighted by Gasteiger charge is 2.52. The van der Waals surface area contributed by atoms with E-state index in [2.05, 4.69) is 27.3 Å². The molecule has 0 aromatic heterocycles. The third-order valence-electron chi connectivity index (χ3n) is 4.59. The molecule has 0 bridgehead atoms. The van der Waals surface area contributed by atoms with Crippen LogP contribution >= 0.6 is 15.9 Å². The van der Waals surface area contributed by atoms with Gasteiger partial charge in [0.05, 0.1) is 5.60 Å². The Morgan fingerprint density at radius 3 is 3.10 bits per heavy atom. The number of ether oxygens (including phenoxy) is 1. The van der Waals surface area contributed by atoms with Gasteiger partial charge < -0.3 is 15.2 Å². The first-order chi connectivity index (χ1) is 9.62. The molecule has 108 valence electrons. The lowest BCUT2D eigenvalue weighted by Crippen LogP contribution is -2.38. The third-order valence-corrected chi connectivity index (χ3v) is 5.09. The Labute approximate surface area is 126 Å². The number of fused-ring (bicyclic) bond motifs is 1. The number of carbonyl (C=O) groups is 1. The summed E-state index contributed by atoms with van der Waals surface area (Å²) in [5, 5.41) is 12.4. The fourth-order valence-corrected chi connectivity index (χ4v) is 4.13. The van der Waals surface area contributed by atoms with Crippen LogP contribution in [0.25, 0.3) is 0 Å². The van der Waals surface area contributed by atoms with E-state index >= 15 is 0 Å². The van der Waals surface area contributed by atoms with E-state index in [0.717, 1.165) is 36.0 Å². The van der Waals surface area contributed by atoms with Crippen LogP contribution in [-0.2, 0) is 15.1 Å². The van der Waals surface area contributed by atoms with E-state index in [-0.39, 0.29) is 6.61 Å². The molecule has 1 saturated carbocycles. The Morgan fingerprint density at radius 1 is 1.50 bits per heavy atom. The molecule has 3 rings (SSSR count). The van der Waals surface area contributed by atoms with Crippen molar-refractivity contribution in [2.45, 2.75) is 18.4 Å². The lowest BCUT2D eigenvalue weighted by molar-refractivity contribution is -0.154. The van der Waals surface area contributed by atoms with Gasteiger partial charge in [0.1, 0.15) is 6.61 Å². The first-order valence-electron chi connectivity index (χ1n) is 6.94. The molecule has 1 heterocycles. The Morgan fingerprint density at radius 2 is 2.35 bits per heavy atom. The first-order valence-corrected chi connectivity index (χ1v) is 7.73. The Kier molecular flexibility index (Phi) is 3.84. The molecule has 5 heteroatoms. The van der Waals surface area contributed by atoms with Crippen LogP contribution < -0.4 is 5.32 Å². The molecular weight excluding hydrogens is 322 g/mol. The van der Waals surface area contributed by atoms with Crippen molar-refractivity contribution in [1.29, 1.82) is 0 Å². The zero-order valence-electron chi connectivity index (χ0n) is 11.1. The van der Waals surface area contributed by atoms with E-state index in [4.69, 9.17) is 9.84 Å². The van der Waals surface area contributed by atoms with Crippen LogP contribution in [0.4, 0.5) is 0 Å². The van der Waals surface area contributed by atoms with Gasteiger partial charge in [-0.3, -0.25) is 0 Å². The minimum atomic E-state index is -0.909. The molecular formula is C15H18BrNO3. The van der Waals surface area contributed by atoms with Crippen molar-refractivity contribution in [2.75, 3.05) is 19.7 Å². The van der Waals surface area contributed by atoms with Gasteiger partial charge in [-0.05, 0) is 43.0 Å². The Hall–Kier alpha value is -0.910. The quantitative estimate of drug-likeness (QED) is 0.884. The maximum absolute atomic E-state index is 10.9. The van der Waals surface area contributed by atoms with Crippen LogP contribution in [0.15, 0.2) is 28.7 Å². The number of halogens is 1. The van der Waals surface area contributed by atoms with Crippen molar-refractivity contribution in [3.8, 4) is 0 Å². The van der Waals surface area contributed by atoms with Gasteiger partial charge in [0.15, 0.2) is 0 Å². The normalized spacial score (nSPS) is 32.2. The molecule has 0 spiro atoms. The fraction of sp³-hybridized carbons (Fsp3) is 0.533. The SMILES string of the molecule is O=C(O)COC1(c2cccc(Br)c2)CCC2CNCC21. The van der Waals surface area contributed by atoms with Gasteiger partial charge in [-0.1, -0.05) is 28.1 Å². The number of carboxylic acid groups (broad SMARTS) is 1. The van der Waals surface area contributed by atoms with Gasteiger partial charge >= 0.3 is 5.97 Å². The van der Waals surface area contributed by atoms with Gasteiger partial charge in [0.2, 0.25) is 0 Å². The number of hydrogen-bond acceptors (Lipinski definition) is 3. The molecule has 1 aromatic rings. The zero-order valence-corrected chi connectivity index (χ0v) is 12.7. The molecule has 1 saturated heterocycles. The smallest absolute Gasteiger partial charge is 0.329 e. The molecule has 3 atom stereocenters. The van der Waals surface area contributed by atoms with E-state index in [1.54, 1.807) is 0 Å². The van der Waals surface area contributed by atoms with E-state index < -0.39 is 11.6 Å². The predicted molar refractivity (Wildman–Crippen MR) is 78.5 cm³/mol. The Bertz CT molecular complexity index is 522. The summed E-state index contributed by atoms with van der Waals surface area (Å²) >= 11 is 3.50. The van der Waals surface area contributed by atoms with Gasteiger partial charge in [-0.2, -0.15) is 0 Å². The van der Waals surface area contributed by atoms with Crippen molar-refractivity contribution in [1.82, 2.24) is 5.32 Å². The van der Waals surface area contributed by atoms with E-state index in [1.807, 2.05) is 18.2 Å². The lowest BCUT2D eigenvalue weighted by Gasteiger charge is -2.35. The highest BCUT2D eigenvalue weighted by molar-refractivity contribution is 9.10. The summed E-state index contributed by atoms with van der Waals surface area (Å²) in [7, 11) is 0. The zero-order chi connectivity index (χ0) is 14.2. The molecule has 2 fully saturated rings. The summed E-state index contributed by atoms with van der Waals surface area (Å²) in [6.45, 7) is 1.67. The van der Waals surface area contributed by atoms with Crippen LogP contribution in [0.1, 0.15) is 18.4 Å². The molecule has 0 amide bonds. The van der Waals surface area contributed by atoms with Crippen LogP contribution in [0.5, 0.6) is 0 Å². The Balaban J connectivity index is 1.97. The maximum Gasteiger partial charge on any atom is 0.329 e. The summed E-state index contributed by atoms with van der Waals surface area (Å²) < 4.78 is 6.95. The second-order valence-corrected chi connectivity index (χ2v) is 6.56. The first kappa shape index (κ1) is 14.0. The molecule has 1 aromatic carbocycles. The minimum Gasteiger partial charge on any atom is -0.480 e. The van der Waals surface area contributed by atoms with Crippen molar-refractivity contribution in [2.24, 2.45) is 11.8 Å². The largest absolute Gasteiger partial charge is 0.480 e. The van der Waals surface area contributed by atoms with Crippen LogP contribution in [0.3, 0.4) is 0 Å². The molecule has 2 aliphatic rings. The van der Waals surface area contributed by atoms with Crippen molar-refractivity contribution in [3.63, 3.8) is 0 Å². The summed E-state index contributed by atoms with van der Waals surface area (Å²) in [6, 6.07) is 8.07. The second-order valence-electron chi connectivity index (χ2n) is 5.65. The van der Waals surface area contributed by atoms with E-state index in [0.29, 0.717) is 11.8 Å². The number of aliphatic carboxylic acids is 1. The summed E-state index contributed by atoms with van der Waals surface area (Å²) in [5.41, 5.74) is 0.625. The number of rotatable bonds is 4. The summed E-state index contributed by atoms with van der Waals surface area (Å²) in [4.78, 5) is 10.9. The molecule has 1 aliphatic carbocycles. The number of carboxylic acids is 1. The van der Waals surface area contributed by atoms with Crippen LogP contribution in [-0.4, -0.2) is 30.8 Å². The molecule has 0 radical (unpaired) electrons. The average Bonchev–Trinajstić information content (AvgIpc) is 2.99. The number of hydrogen-bond donors (Lipinski definition) is 2. The minimum absolute atomic E-state index is 0.240. The topological polar surface area (TPSA) is 58.6 Å². The van der Waals surface area contributed by atoms with Gasteiger partial charge in [-0.15, -0.1) is 0 Å². The van der Waals surface area contributed by atoms with Crippen molar-refractivity contribution >= 4 is 21.9 Å². The van der Waals surface area contributed by atoms with Gasteiger partial charge in [0, 0.05) is 16.9 Å². The molecule has 1 aliphatic heterocycles. The van der Waals surface area contributed by atoms with Crippen LogP contribution in [0.2, 0.25) is 0 Å². The maximum atomic E-state index is 10.9. The van der Waals surface area contributed by atoms with Gasteiger partial charge in [0.25, 0.3) is 0 Å². The number of benzene rings is 1. The predicted octanol–water partition coefficient (Wildman–Crippen LogP) is 2.38. The highest BCUT2D eigenvalue weighted by Crippen LogP contribution is 2.51. The summed E-state index contributed by atoms with van der Waals surface area (Å²) in [6.07, 6.45) is 1.98. The molecule has 4 nitrogen and oxygen atoms in total. The molecule has 2 N–H and O–H groups in total. The standard InChI is InChI=1S/C15H18BrNO3/c16-12-3-1-2-11(6-12)15(20-9-14(18)19)5-4-10-7-17-8-13(10)15/h1-3,6,10,13,17H,4-5,7-9H2,(H,18,19). The average molecular weight is 340 g/mol. The third kappa shape index (κ3) is 2.38. The van der Waals surface area contributed by atoms with E-state index in [9.17, 15) is 4.79 Å². The van der Waals surface area contributed by atoms with Crippen molar-refractivity contribution < 1.29 is 14.6 Å². The van der Waals surface area contributed by atoms with Crippen LogP contribution in [0, 0.1) is 11.8 Å². The lowest BCUT2D eigenvalue weighted by atomic mass is 9.82. The number of nitrogens with one attached hydrogen (secondary N) is 1. The van der Waals surface area contributed by atoms with Gasteiger partial charge in [-0.25, -0.2) is 4.79 Å². The van der Waals surface area contributed by atoms with E-state index in [1.165, 1.54) is 0 Å². The highest BCUT2D eigenvalue weighted by atomic mass is 79.9. The summed E-state index contributed by atoms with van der Waals surface area (Å²) in [5.74, 6) is 0.0349. The monoisotopic (exact) mass is 339 g/mol. The molecule has 3 unspecified atom stereocenters. The molecule has 20 heavy (non-hydrogen) atoms.